The molecule has 0 saturated carbocycles. The second kappa shape index (κ2) is 8.72. The number of amides is 1. The molecule has 90 valence electrons. The maximum atomic E-state index is 10.9. The average Bonchev–Trinajstić information content (AvgIpc) is 2.17. The summed E-state index contributed by atoms with van der Waals surface area (Å²) in [5.74, 6) is -0.194. The van der Waals surface area contributed by atoms with Gasteiger partial charge in [0.2, 0.25) is 5.91 Å². The summed E-state index contributed by atoms with van der Waals surface area (Å²) in [6.45, 7) is 8.65. The topological polar surface area (TPSA) is 46.3 Å². The summed E-state index contributed by atoms with van der Waals surface area (Å²) in [4.78, 5) is 13.2. The first-order chi connectivity index (χ1) is 7.11. The third-order valence-corrected chi connectivity index (χ3v) is 2.72. The summed E-state index contributed by atoms with van der Waals surface area (Å²) < 4.78 is 0. The summed E-state index contributed by atoms with van der Waals surface area (Å²) in [5.41, 5.74) is 5.22. The van der Waals surface area contributed by atoms with E-state index in [2.05, 4.69) is 25.7 Å². The first-order valence-electron chi connectivity index (χ1n) is 6.14. The molecular weight excluding hydrogens is 188 g/mol. The van der Waals surface area contributed by atoms with Crippen molar-refractivity contribution < 1.29 is 4.79 Å². The molecule has 3 nitrogen and oxygen atoms in total. The van der Waals surface area contributed by atoms with Gasteiger partial charge in [-0.1, -0.05) is 26.7 Å². The summed E-state index contributed by atoms with van der Waals surface area (Å²) in [6.07, 6.45) is 5.28. The maximum Gasteiger partial charge on any atom is 0.218 e. The largest absolute Gasteiger partial charge is 0.370 e. The average molecular weight is 214 g/mol. The lowest BCUT2D eigenvalue weighted by Gasteiger charge is -2.28. The molecule has 0 aromatic heterocycles. The highest BCUT2D eigenvalue weighted by atomic mass is 16.1. The predicted octanol–water partition coefficient (Wildman–Crippen LogP) is 2.15. The molecule has 0 aliphatic carbocycles. The molecule has 1 atom stereocenters. The number of carbonyl (C=O) groups is 1. The van der Waals surface area contributed by atoms with Gasteiger partial charge in [-0.3, -0.25) is 4.79 Å². The molecule has 0 aromatic carbocycles. The summed E-state index contributed by atoms with van der Waals surface area (Å²) in [5, 5.41) is 0. The molecule has 2 N–H and O–H groups in total. The fourth-order valence-corrected chi connectivity index (χ4v) is 1.70. The number of primary amides is 1. The Balaban J connectivity index is 4.00. The van der Waals surface area contributed by atoms with Crippen LogP contribution in [0.3, 0.4) is 0 Å². The Labute approximate surface area is 94.0 Å². The number of nitrogens with zero attached hydrogens (tertiary/aromatic N) is 1. The van der Waals surface area contributed by atoms with Crippen molar-refractivity contribution in [3.8, 4) is 0 Å². The molecule has 1 amide bonds. The minimum Gasteiger partial charge on any atom is -0.370 e. The Morgan fingerprint density at radius 3 is 2.00 bits per heavy atom. The Kier molecular flexibility index (Phi) is 8.38. The van der Waals surface area contributed by atoms with Crippen molar-refractivity contribution >= 4 is 5.91 Å². The van der Waals surface area contributed by atoms with E-state index in [0.717, 1.165) is 13.1 Å². The molecule has 0 heterocycles. The van der Waals surface area contributed by atoms with Gasteiger partial charge in [0.15, 0.2) is 0 Å². The fourth-order valence-electron chi connectivity index (χ4n) is 1.70. The minimum atomic E-state index is -0.194. The van der Waals surface area contributed by atoms with Crippen LogP contribution in [-0.4, -0.2) is 29.9 Å². The van der Waals surface area contributed by atoms with Crippen LogP contribution in [0.25, 0.3) is 0 Å². The van der Waals surface area contributed by atoms with E-state index in [1.165, 1.54) is 25.7 Å². The van der Waals surface area contributed by atoms with Crippen molar-refractivity contribution in [3.05, 3.63) is 0 Å². The highest BCUT2D eigenvalue weighted by Crippen LogP contribution is 2.07. The van der Waals surface area contributed by atoms with Crippen LogP contribution in [0.2, 0.25) is 0 Å². The van der Waals surface area contributed by atoms with Gasteiger partial charge >= 0.3 is 0 Å². The lowest BCUT2D eigenvalue weighted by Crippen LogP contribution is -2.37. The van der Waals surface area contributed by atoms with Gasteiger partial charge in [0.1, 0.15) is 0 Å². The van der Waals surface area contributed by atoms with Crippen LogP contribution in [0.15, 0.2) is 0 Å². The van der Waals surface area contributed by atoms with Gasteiger partial charge in [0, 0.05) is 12.5 Å². The molecule has 0 aromatic rings. The summed E-state index contributed by atoms with van der Waals surface area (Å²) >= 11 is 0. The summed E-state index contributed by atoms with van der Waals surface area (Å²) in [6, 6.07) is 0.292. The van der Waals surface area contributed by atoms with Crippen molar-refractivity contribution in [3.63, 3.8) is 0 Å². The number of unbranched alkanes of at least 4 members (excludes halogenated alkanes) is 2. The van der Waals surface area contributed by atoms with Crippen molar-refractivity contribution in [1.82, 2.24) is 4.90 Å². The van der Waals surface area contributed by atoms with Gasteiger partial charge < -0.3 is 10.6 Å². The Morgan fingerprint density at radius 1 is 1.20 bits per heavy atom. The third kappa shape index (κ3) is 7.37. The van der Waals surface area contributed by atoms with Gasteiger partial charge in [-0.25, -0.2) is 0 Å². The molecule has 0 radical (unpaired) electrons. The quantitative estimate of drug-likeness (QED) is 0.639. The molecule has 0 fully saturated rings. The Hall–Kier alpha value is -0.570. The van der Waals surface area contributed by atoms with Gasteiger partial charge in [0.05, 0.1) is 0 Å². The van der Waals surface area contributed by atoms with E-state index in [1.54, 1.807) is 0 Å². The first kappa shape index (κ1) is 14.4. The molecular formula is C12H26N2O. The number of hydrogen-bond acceptors (Lipinski definition) is 2. The van der Waals surface area contributed by atoms with E-state index in [4.69, 9.17) is 5.73 Å². The zero-order valence-corrected chi connectivity index (χ0v) is 10.5. The van der Waals surface area contributed by atoms with E-state index in [0.29, 0.717) is 12.5 Å². The molecule has 0 bridgehead atoms. The Morgan fingerprint density at radius 2 is 1.67 bits per heavy atom. The number of rotatable bonds is 9. The van der Waals surface area contributed by atoms with Crippen molar-refractivity contribution in [2.75, 3.05) is 13.1 Å². The molecule has 0 aliphatic heterocycles. The molecule has 0 saturated heterocycles. The van der Waals surface area contributed by atoms with E-state index in [-0.39, 0.29) is 5.91 Å². The van der Waals surface area contributed by atoms with Gasteiger partial charge in [0.25, 0.3) is 0 Å². The number of carbonyl (C=O) groups excluding carboxylic acids is 1. The Bertz CT molecular complexity index is 163. The highest BCUT2D eigenvalue weighted by Gasteiger charge is 2.14. The van der Waals surface area contributed by atoms with Gasteiger partial charge in [-0.15, -0.1) is 0 Å². The standard InChI is InChI=1S/C12H26N2O/c1-4-6-8-14(9-7-5-2)11(3)10-12(13)15/h11H,4-10H2,1-3H3,(H2,13,15). The minimum absolute atomic E-state index is 0.194. The van der Waals surface area contributed by atoms with Crippen molar-refractivity contribution in [1.29, 1.82) is 0 Å². The number of hydrogen-bond donors (Lipinski definition) is 1. The van der Waals surface area contributed by atoms with Gasteiger partial charge in [-0.2, -0.15) is 0 Å². The SMILES string of the molecule is CCCCN(CCCC)C(C)CC(N)=O. The van der Waals surface area contributed by atoms with Crippen LogP contribution < -0.4 is 5.73 Å². The lowest BCUT2D eigenvalue weighted by atomic mass is 10.1. The van der Waals surface area contributed by atoms with Crippen molar-refractivity contribution in [2.24, 2.45) is 5.73 Å². The molecule has 0 rings (SSSR count). The fraction of sp³-hybridized carbons (Fsp3) is 0.917. The van der Waals surface area contributed by atoms with E-state index in [9.17, 15) is 4.79 Å². The smallest absolute Gasteiger partial charge is 0.218 e. The van der Waals surface area contributed by atoms with Crippen LogP contribution in [0.4, 0.5) is 0 Å². The van der Waals surface area contributed by atoms with E-state index >= 15 is 0 Å². The highest BCUT2D eigenvalue weighted by molar-refractivity contribution is 5.74. The molecule has 0 spiro atoms. The third-order valence-electron chi connectivity index (χ3n) is 2.72. The molecule has 1 unspecified atom stereocenters. The van der Waals surface area contributed by atoms with E-state index in [1.807, 2.05) is 0 Å². The normalized spacial score (nSPS) is 13.1. The molecule has 0 aliphatic rings. The van der Waals surface area contributed by atoms with E-state index < -0.39 is 0 Å². The van der Waals surface area contributed by atoms with Crippen LogP contribution >= 0.6 is 0 Å². The van der Waals surface area contributed by atoms with Crippen LogP contribution in [-0.2, 0) is 4.79 Å². The lowest BCUT2D eigenvalue weighted by molar-refractivity contribution is -0.119. The molecule has 3 heteroatoms. The number of nitrogens with two attached hydrogens (primary N) is 1. The first-order valence-corrected chi connectivity index (χ1v) is 6.14. The molecule has 15 heavy (non-hydrogen) atoms. The second-order valence-electron chi connectivity index (χ2n) is 4.26. The monoisotopic (exact) mass is 214 g/mol. The van der Waals surface area contributed by atoms with Crippen LogP contribution in [0.5, 0.6) is 0 Å². The zero-order valence-electron chi connectivity index (χ0n) is 10.5. The second-order valence-corrected chi connectivity index (χ2v) is 4.26. The predicted molar refractivity (Wildman–Crippen MR) is 64.7 cm³/mol. The zero-order chi connectivity index (χ0) is 11.7. The van der Waals surface area contributed by atoms with Crippen molar-refractivity contribution in [2.45, 2.75) is 58.9 Å². The summed E-state index contributed by atoms with van der Waals surface area (Å²) in [7, 11) is 0. The van der Waals surface area contributed by atoms with Crippen LogP contribution in [0, 0.1) is 0 Å². The van der Waals surface area contributed by atoms with Crippen LogP contribution in [0.1, 0.15) is 52.9 Å². The van der Waals surface area contributed by atoms with Gasteiger partial charge in [-0.05, 0) is 32.9 Å². The maximum absolute atomic E-state index is 10.9.